The van der Waals surface area contributed by atoms with Crippen molar-refractivity contribution < 1.29 is 23.8 Å². The van der Waals surface area contributed by atoms with Crippen LogP contribution in [0.4, 0.5) is 5.69 Å². The fourth-order valence-electron chi connectivity index (χ4n) is 2.63. The van der Waals surface area contributed by atoms with Crippen LogP contribution in [0.5, 0.6) is 17.2 Å². The molecule has 150 valence electrons. The standard InChI is InChI=1S/C21H26N2O5/c1-23(14-20(24)22-16-6-8-17(26-2)9-7-16)21(25)10-5-15-11-18(27-3)13-19(12-15)28-4/h6-9,11-13H,5,10,14H2,1-4H3,(H,22,24). The Morgan fingerprint density at radius 2 is 1.46 bits per heavy atom. The number of ether oxygens (including phenoxy) is 3. The highest BCUT2D eigenvalue weighted by Gasteiger charge is 2.14. The van der Waals surface area contributed by atoms with Gasteiger partial charge in [-0.05, 0) is 48.4 Å². The number of aryl methyl sites for hydroxylation is 1. The third kappa shape index (κ3) is 6.19. The van der Waals surface area contributed by atoms with Gasteiger partial charge in [-0.15, -0.1) is 0 Å². The van der Waals surface area contributed by atoms with Crippen LogP contribution in [0.15, 0.2) is 42.5 Å². The van der Waals surface area contributed by atoms with E-state index in [2.05, 4.69) is 5.32 Å². The van der Waals surface area contributed by atoms with E-state index in [9.17, 15) is 9.59 Å². The average molecular weight is 386 g/mol. The van der Waals surface area contributed by atoms with Gasteiger partial charge in [0, 0.05) is 25.2 Å². The Kier molecular flexibility index (Phi) is 7.68. The van der Waals surface area contributed by atoms with E-state index in [1.54, 1.807) is 58.7 Å². The Morgan fingerprint density at radius 1 is 0.893 bits per heavy atom. The van der Waals surface area contributed by atoms with Gasteiger partial charge in [-0.3, -0.25) is 9.59 Å². The maximum atomic E-state index is 12.4. The largest absolute Gasteiger partial charge is 0.497 e. The molecule has 1 N–H and O–H groups in total. The fraction of sp³-hybridized carbons (Fsp3) is 0.333. The van der Waals surface area contributed by atoms with Crippen molar-refractivity contribution in [3.8, 4) is 17.2 Å². The third-order valence-electron chi connectivity index (χ3n) is 4.22. The summed E-state index contributed by atoms with van der Waals surface area (Å²) >= 11 is 0. The number of carbonyl (C=O) groups is 2. The Balaban J connectivity index is 1.85. The van der Waals surface area contributed by atoms with E-state index in [4.69, 9.17) is 14.2 Å². The van der Waals surface area contributed by atoms with E-state index in [0.717, 1.165) is 5.56 Å². The number of likely N-dealkylation sites (N-methyl/N-ethyl adjacent to an activating group) is 1. The third-order valence-corrected chi connectivity index (χ3v) is 4.22. The molecule has 2 aromatic carbocycles. The molecule has 0 aliphatic heterocycles. The van der Waals surface area contributed by atoms with Gasteiger partial charge in [0.2, 0.25) is 11.8 Å². The maximum absolute atomic E-state index is 12.4. The Morgan fingerprint density at radius 3 is 2.00 bits per heavy atom. The van der Waals surface area contributed by atoms with Crippen LogP contribution in [0.1, 0.15) is 12.0 Å². The summed E-state index contributed by atoms with van der Waals surface area (Å²) in [6.07, 6.45) is 0.805. The number of methoxy groups -OCH3 is 3. The first-order chi connectivity index (χ1) is 13.4. The van der Waals surface area contributed by atoms with Crippen LogP contribution in [-0.4, -0.2) is 51.6 Å². The molecule has 28 heavy (non-hydrogen) atoms. The molecule has 0 aliphatic carbocycles. The SMILES string of the molecule is COc1ccc(NC(=O)CN(C)C(=O)CCc2cc(OC)cc(OC)c2)cc1. The van der Waals surface area contributed by atoms with Crippen molar-refractivity contribution in [3.63, 3.8) is 0 Å². The molecule has 0 aliphatic rings. The molecule has 2 amide bonds. The number of benzene rings is 2. The number of hydrogen-bond acceptors (Lipinski definition) is 5. The second kappa shape index (κ2) is 10.2. The molecular weight excluding hydrogens is 360 g/mol. The predicted molar refractivity (Wildman–Crippen MR) is 107 cm³/mol. The van der Waals surface area contributed by atoms with Crippen molar-refractivity contribution in [1.82, 2.24) is 4.90 Å². The molecular formula is C21H26N2O5. The molecule has 0 atom stereocenters. The second-order valence-corrected chi connectivity index (χ2v) is 6.25. The van der Waals surface area contributed by atoms with E-state index < -0.39 is 0 Å². The van der Waals surface area contributed by atoms with E-state index in [1.165, 1.54) is 4.90 Å². The summed E-state index contributed by atoms with van der Waals surface area (Å²) in [6, 6.07) is 12.5. The molecule has 0 aromatic heterocycles. The zero-order valence-corrected chi connectivity index (χ0v) is 16.7. The second-order valence-electron chi connectivity index (χ2n) is 6.25. The Labute approximate surface area is 165 Å². The molecule has 0 unspecified atom stereocenters. The smallest absolute Gasteiger partial charge is 0.243 e. The lowest BCUT2D eigenvalue weighted by atomic mass is 10.1. The molecule has 0 bridgehead atoms. The number of anilines is 1. The molecule has 0 heterocycles. The van der Waals surface area contributed by atoms with Crippen molar-refractivity contribution in [2.45, 2.75) is 12.8 Å². The minimum atomic E-state index is -0.260. The van der Waals surface area contributed by atoms with Crippen LogP contribution in [0.2, 0.25) is 0 Å². The first kappa shape index (κ1) is 21.1. The molecule has 0 fully saturated rings. The summed E-state index contributed by atoms with van der Waals surface area (Å²) in [6.45, 7) is -0.0215. The lowest BCUT2D eigenvalue weighted by Crippen LogP contribution is -2.35. The number of hydrogen-bond donors (Lipinski definition) is 1. The number of rotatable bonds is 9. The van der Waals surface area contributed by atoms with Gasteiger partial charge < -0.3 is 24.4 Å². The molecule has 0 radical (unpaired) electrons. The van der Waals surface area contributed by atoms with Crippen LogP contribution >= 0.6 is 0 Å². The van der Waals surface area contributed by atoms with Gasteiger partial charge in [0.05, 0.1) is 27.9 Å². The van der Waals surface area contributed by atoms with Gasteiger partial charge in [-0.2, -0.15) is 0 Å². The number of amides is 2. The number of carbonyl (C=O) groups excluding carboxylic acids is 2. The highest BCUT2D eigenvalue weighted by atomic mass is 16.5. The zero-order chi connectivity index (χ0) is 20.5. The van der Waals surface area contributed by atoms with Crippen molar-refractivity contribution in [2.24, 2.45) is 0 Å². The minimum absolute atomic E-state index is 0.0215. The highest BCUT2D eigenvalue weighted by molar-refractivity contribution is 5.94. The van der Waals surface area contributed by atoms with E-state index in [1.807, 2.05) is 12.1 Å². The Bertz CT molecular complexity index is 783. The van der Waals surface area contributed by atoms with Crippen LogP contribution in [0.25, 0.3) is 0 Å². The quantitative estimate of drug-likeness (QED) is 0.717. The molecule has 2 rings (SSSR count). The number of nitrogens with one attached hydrogen (secondary N) is 1. The summed E-state index contributed by atoms with van der Waals surface area (Å²) in [7, 11) is 6.36. The summed E-state index contributed by atoms with van der Waals surface area (Å²) in [5.41, 5.74) is 1.58. The average Bonchev–Trinajstić information content (AvgIpc) is 2.71. The Hall–Kier alpha value is -3.22. The van der Waals surface area contributed by atoms with Gasteiger partial charge in [0.1, 0.15) is 17.2 Å². The first-order valence-corrected chi connectivity index (χ1v) is 8.85. The van der Waals surface area contributed by atoms with E-state index in [-0.39, 0.29) is 24.8 Å². The molecule has 2 aromatic rings. The topological polar surface area (TPSA) is 77.1 Å². The van der Waals surface area contributed by atoms with Crippen molar-refractivity contribution in [2.75, 3.05) is 40.2 Å². The van der Waals surface area contributed by atoms with Gasteiger partial charge >= 0.3 is 0 Å². The molecule has 0 saturated carbocycles. The van der Waals surface area contributed by atoms with Gasteiger partial charge in [-0.1, -0.05) is 0 Å². The van der Waals surface area contributed by atoms with Crippen molar-refractivity contribution in [1.29, 1.82) is 0 Å². The molecule has 0 spiro atoms. The van der Waals surface area contributed by atoms with Gasteiger partial charge in [0.25, 0.3) is 0 Å². The van der Waals surface area contributed by atoms with Crippen LogP contribution in [0, 0.1) is 0 Å². The van der Waals surface area contributed by atoms with E-state index >= 15 is 0 Å². The van der Waals surface area contributed by atoms with Crippen molar-refractivity contribution >= 4 is 17.5 Å². The summed E-state index contributed by atoms with van der Waals surface area (Å²) in [5, 5.41) is 2.76. The molecule has 7 heteroatoms. The number of nitrogens with zero attached hydrogens (tertiary/aromatic N) is 1. The van der Waals surface area contributed by atoms with Gasteiger partial charge in [0.15, 0.2) is 0 Å². The van der Waals surface area contributed by atoms with Crippen LogP contribution in [-0.2, 0) is 16.0 Å². The lowest BCUT2D eigenvalue weighted by molar-refractivity contribution is -0.133. The summed E-state index contributed by atoms with van der Waals surface area (Å²) in [5.74, 6) is 1.68. The monoisotopic (exact) mass is 386 g/mol. The normalized spacial score (nSPS) is 10.1. The van der Waals surface area contributed by atoms with Crippen LogP contribution < -0.4 is 19.5 Å². The van der Waals surface area contributed by atoms with Crippen molar-refractivity contribution in [3.05, 3.63) is 48.0 Å². The maximum Gasteiger partial charge on any atom is 0.243 e. The lowest BCUT2D eigenvalue weighted by Gasteiger charge is -2.17. The van der Waals surface area contributed by atoms with E-state index in [0.29, 0.717) is 29.4 Å². The molecule has 0 saturated heterocycles. The summed E-state index contributed by atoms with van der Waals surface area (Å²) in [4.78, 5) is 25.9. The summed E-state index contributed by atoms with van der Waals surface area (Å²) < 4.78 is 15.6. The van der Waals surface area contributed by atoms with Gasteiger partial charge in [-0.25, -0.2) is 0 Å². The highest BCUT2D eigenvalue weighted by Crippen LogP contribution is 2.23. The van der Waals surface area contributed by atoms with Crippen LogP contribution in [0.3, 0.4) is 0 Å². The predicted octanol–water partition coefficient (Wildman–Crippen LogP) is 2.74. The molecule has 7 nitrogen and oxygen atoms in total. The first-order valence-electron chi connectivity index (χ1n) is 8.85. The fourth-order valence-corrected chi connectivity index (χ4v) is 2.63. The minimum Gasteiger partial charge on any atom is -0.497 e. The zero-order valence-electron chi connectivity index (χ0n) is 16.7.